The maximum atomic E-state index is 12.5. The minimum Gasteiger partial charge on any atom is -0.468 e. The SMILES string of the molecule is COC(=O)[C@H]1CN(C(=O)CN(C)CC(=O)Nc2c(C)cc(C)cc2C)CCS1. The van der Waals surface area contributed by atoms with Crippen LogP contribution < -0.4 is 5.32 Å². The van der Waals surface area contributed by atoms with E-state index in [1.54, 1.807) is 16.8 Å². The molecule has 0 bridgehead atoms. The first-order valence-electron chi connectivity index (χ1n) is 9.24. The third kappa shape index (κ3) is 5.97. The van der Waals surface area contributed by atoms with Gasteiger partial charge in [-0.3, -0.25) is 19.3 Å². The van der Waals surface area contributed by atoms with E-state index >= 15 is 0 Å². The lowest BCUT2D eigenvalue weighted by Crippen LogP contribution is -2.48. The quantitative estimate of drug-likeness (QED) is 0.722. The standard InChI is InChI=1S/C20H29N3O4S/c1-13-8-14(2)19(15(3)9-13)21-17(24)11-22(4)12-18(25)23-6-7-28-16(10-23)20(26)27-5/h8-9,16H,6-7,10-12H2,1-5H3,(H,21,24)/t16-/m1/s1. The van der Waals surface area contributed by atoms with E-state index in [0.29, 0.717) is 18.8 Å². The molecule has 1 atom stereocenters. The van der Waals surface area contributed by atoms with Crippen LogP contribution in [0.4, 0.5) is 5.69 Å². The number of aryl methyl sites for hydroxylation is 3. The Kier molecular flexibility index (Phi) is 7.88. The van der Waals surface area contributed by atoms with Crippen molar-refractivity contribution in [2.45, 2.75) is 26.0 Å². The maximum absolute atomic E-state index is 12.5. The molecule has 1 N–H and O–H groups in total. The van der Waals surface area contributed by atoms with Gasteiger partial charge in [0.05, 0.1) is 20.2 Å². The largest absolute Gasteiger partial charge is 0.468 e. The number of hydrogen-bond donors (Lipinski definition) is 1. The number of benzene rings is 1. The molecule has 1 aromatic rings. The second-order valence-corrected chi connectivity index (χ2v) is 8.53. The van der Waals surface area contributed by atoms with Crippen molar-refractivity contribution < 1.29 is 19.1 Å². The Morgan fingerprint density at radius 2 is 1.86 bits per heavy atom. The molecule has 0 spiro atoms. The number of hydrogen-bond acceptors (Lipinski definition) is 6. The summed E-state index contributed by atoms with van der Waals surface area (Å²) in [4.78, 5) is 40.0. The summed E-state index contributed by atoms with van der Waals surface area (Å²) in [6.45, 7) is 7.13. The van der Waals surface area contributed by atoms with E-state index in [1.807, 2.05) is 32.9 Å². The molecule has 1 aliphatic rings. The zero-order chi connectivity index (χ0) is 20.8. The van der Waals surface area contributed by atoms with E-state index < -0.39 is 0 Å². The summed E-state index contributed by atoms with van der Waals surface area (Å²) in [5.74, 6) is 0.139. The van der Waals surface area contributed by atoms with Crippen molar-refractivity contribution in [3.8, 4) is 0 Å². The molecule has 7 nitrogen and oxygen atoms in total. The smallest absolute Gasteiger partial charge is 0.320 e. The second-order valence-electron chi connectivity index (χ2n) is 7.22. The van der Waals surface area contributed by atoms with Crippen LogP contribution >= 0.6 is 11.8 Å². The van der Waals surface area contributed by atoms with Gasteiger partial charge >= 0.3 is 5.97 Å². The van der Waals surface area contributed by atoms with Crippen molar-refractivity contribution in [1.82, 2.24) is 9.80 Å². The molecule has 0 radical (unpaired) electrons. The lowest BCUT2D eigenvalue weighted by molar-refractivity contribution is -0.141. The first-order chi connectivity index (χ1) is 13.2. The highest BCUT2D eigenvalue weighted by atomic mass is 32.2. The molecule has 2 amide bonds. The Bertz CT molecular complexity index is 730. The first-order valence-corrected chi connectivity index (χ1v) is 10.3. The lowest BCUT2D eigenvalue weighted by atomic mass is 10.1. The molecule has 8 heteroatoms. The fourth-order valence-corrected chi connectivity index (χ4v) is 4.47. The number of likely N-dealkylation sites (N-methyl/N-ethyl adjacent to an activating group) is 1. The number of rotatable bonds is 6. The van der Waals surface area contributed by atoms with Crippen LogP contribution in [0.25, 0.3) is 0 Å². The first kappa shape index (κ1) is 22.2. The van der Waals surface area contributed by atoms with Crippen molar-refractivity contribution in [3.63, 3.8) is 0 Å². The average molecular weight is 408 g/mol. The fourth-order valence-electron chi connectivity index (χ4n) is 3.34. The molecule has 1 saturated heterocycles. The fraction of sp³-hybridized carbons (Fsp3) is 0.550. The minimum atomic E-state index is -0.344. The number of carbonyl (C=O) groups is 3. The summed E-state index contributed by atoms with van der Waals surface area (Å²) in [6, 6.07) is 4.06. The summed E-state index contributed by atoms with van der Waals surface area (Å²) in [5, 5.41) is 2.61. The Labute approximate surface area is 170 Å². The van der Waals surface area contributed by atoms with Crippen LogP contribution in [0, 0.1) is 20.8 Å². The number of thioether (sulfide) groups is 1. The Morgan fingerprint density at radius 1 is 1.21 bits per heavy atom. The maximum Gasteiger partial charge on any atom is 0.320 e. The van der Waals surface area contributed by atoms with Gasteiger partial charge in [0, 0.05) is 24.5 Å². The third-order valence-corrected chi connectivity index (χ3v) is 5.81. The number of ether oxygens (including phenoxy) is 1. The van der Waals surface area contributed by atoms with E-state index in [0.717, 1.165) is 22.4 Å². The molecule has 1 heterocycles. The second kappa shape index (κ2) is 9.93. The Balaban J connectivity index is 1.87. The van der Waals surface area contributed by atoms with Crippen molar-refractivity contribution in [3.05, 3.63) is 28.8 Å². The molecule has 0 saturated carbocycles. The molecular formula is C20H29N3O4S. The van der Waals surface area contributed by atoms with Crippen LogP contribution in [0.5, 0.6) is 0 Å². The van der Waals surface area contributed by atoms with Crippen molar-refractivity contribution in [1.29, 1.82) is 0 Å². The van der Waals surface area contributed by atoms with E-state index in [4.69, 9.17) is 4.74 Å². The predicted molar refractivity (Wildman–Crippen MR) is 112 cm³/mol. The molecule has 28 heavy (non-hydrogen) atoms. The molecule has 1 aliphatic heterocycles. The molecule has 0 aromatic heterocycles. The molecular weight excluding hydrogens is 378 g/mol. The van der Waals surface area contributed by atoms with Gasteiger partial charge in [-0.1, -0.05) is 17.7 Å². The van der Waals surface area contributed by atoms with Gasteiger partial charge in [-0.2, -0.15) is 0 Å². The molecule has 154 valence electrons. The number of esters is 1. The molecule has 1 aromatic carbocycles. The van der Waals surface area contributed by atoms with E-state index in [2.05, 4.69) is 5.32 Å². The van der Waals surface area contributed by atoms with Crippen LogP contribution in [0.15, 0.2) is 12.1 Å². The van der Waals surface area contributed by atoms with E-state index in [-0.39, 0.29) is 36.1 Å². The van der Waals surface area contributed by atoms with Gasteiger partial charge in [0.15, 0.2) is 0 Å². The van der Waals surface area contributed by atoms with Gasteiger partial charge in [-0.05, 0) is 38.9 Å². The number of carbonyl (C=O) groups excluding carboxylic acids is 3. The van der Waals surface area contributed by atoms with E-state index in [9.17, 15) is 14.4 Å². The monoisotopic (exact) mass is 407 g/mol. The number of nitrogens with one attached hydrogen (secondary N) is 1. The number of amides is 2. The lowest BCUT2D eigenvalue weighted by Gasteiger charge is -2.32. The Morgan fingerprint density at radius 3 is 2.46 bits per heavy atom. The summed E-state index contributed by atoms with van der Waals surface area (Å²) < 4.78 is 4.77. The van der Waals surface area contributed by atoms with Crippen LogP contribution in [0.2, 0.25) is 0 Å². The summed E-state index contributed by atoms with van der Waals surface area (Å²) in [6.07, 6.45) is 0. The van der Waals surface area contributed by atoms with Crippen molar-refractivity contribution in [2.24, 2.45) is 0 Å². The van der Waals surface area contributed by atoms with Gasteiger partial charge in [0.2, 0.25) is 11.8 Å². The van der Waals surface area contributed by atoms with Crippen LogP contribution in [0.1, 0.15) is 16.7 Å². The van der Waals surface area contributed by atoms with Crippen LogP contribution in [-0.4, -0.2) is 78.9 Å². The van der Waals surface area contributed by atoms with Crippen molar-refractivity contribution in [2.75, 3.05) is 51.4 Å². The van der Waals surface area contributed by atoms with Gasteiger partial charge < -0.3 is 15.0 Å². The highest BCUT2D eigenvalue weighted by molar-refractivity contribution is 8.00. The normalized spacial score (nSPS) is 16.8. The van der Waals surface area contributed by atoms with Gasteiger partial charge in [-0.15, -0.1) is 11.8 Å². The number of nitrogens with zero attached hydrogens (tertiary/aromatic N) is 2. The molecule has 0 aliphatic carbocycles. The molecule has 0 unspecified atom stereocenters. The van der Waals surface area contributed by atoms with Crippen LogP contribution in [0.3, 0.4) is 0 Å². The van der Waals surface area contributed by atoms with Gasteiger partial charge in [0.1, 0.15) is 5.25 Å². The highest BCUT2D eigenvalue weighted by Crippen LogP contribution is 2.22. The van der Waals surface area contributed by atoms with Gasteiger partial charge in [0.25, 0.3) is 0 Å². The number of anilines is 1. The Hall–Kier alpha value is -2.06. The predicted octanol–water partition coefficient (Wildman–Crippen LogP) is 1.60. The summed E-state index contributed by atoms with van der Waals surface area (Å²) >= 11 is 1.51. The minimum absolute atomic E-state index is 0.0906. The molecule has 1 fully saturated rings. The zero-order valence-corrected chi connectivity index (χ0v) is 18.0. The van der Waals surface area contributed by atoms with E-state index in [1.165, 1.54) is 18.9 Å². The summed E-state index contributed by atoms with van der Waals surface area (Å²) in [5.41, 5.74) is 4.01. The molecule has 2 rings (SSSR count). The van der Waals surface area contributed by atoms with Crippen LogP contribution in [-0.2, 0) is 19.1 Å². The third-order valence-electron chi connectivity index (χ3n) is 4.64. The average Bonchev–Trinajstić information content (AvgIpc) is 2.63. The summed E-state index contributed by atoms with van der Waals surface area (Å²) in [7, 11) is 3.09. The zero-order valence-electron chi connectivity index (χ0n) is 17.2. The van der Waals surface area contributed by atoms with Crippen molar-refractivity contribution >= 4 is 35.2 Å². The highest BCUT2D eigenvalue weighted by Gasteiger charge is 2.30. The number of methoxy groups -OCH3 is 1. The topological polar surface area (TPSA) is 79.0 Å². The van der Waals surface area contributed by atoms with Gasteiger partial charge in [-0.25, -0.2) is 0 Å².